The lowest BCUT2D eigenvalue weighted by atomic mass is 10.1. The topological polar surface area (TPSA) is 32.5 Å². The van der Waals surface area contributed by atoms with Crippen molar-refractivity contribution >= 4 is 17.3 Å². The highest BCUT2D eigenvalue weighted by Crippen LogP contribution is 2.20. The zero-order valence-electron chi connectivity index (χ0n) is 11.0. The van der Waals surface area contributed by atoms with Crippen molar-refractivity contribution in [2.24, 2.45) is 11.7 Å². The van der Waals surface area contributed by atoms with Crippen molar-refractivity contribution < 1.29 is 0 Å². The molecule has 0 bridgehead atoms. The van der Waals surface area contributed by atoms with Crippen LogP contribution < -0.4 is 10.6 Å². The van der Waals surface area contributed by atoms with Crippen molar-refractivity contribution in [1.29, 1.82) is 0 Å². The zero-order valence-corrected chi connectivity index (χ0v) is 11.7. The van der Waals surface area contributed by atoms with Crippen LogP contribution in [0.5, 0.6) is 0 Å². The van der Waals surface area contributed by atoms with Gasteiger partial charge in [0.05, 0.1) is 0 Å². The summed E-state index contributed by atoms with van der Waals surface area (Å²) < 4.78 is 0. The van der Waals surface area contributed by atoms with Crippen LogP contribution in [0, 0.1) is 5.92 Å². The Morgan fingerprint density at radius 2 is 2.00 bits per heavy atom. The van der Waals surface area contributed by atoms with Gasteiger partial charge >= 0.3 is 0 Å². The summed E-state index contributed by atoms with van der Waals surface area (Å²) in [5.74, 6) is 0.586. The predicted molar refractivity (Wildman–Crippen MR) is 78.3 cm³/mol. The molecule has 3 nitrogen and oxygen atoms in total. The second kappa shape index (κ2) is 6.41. The second-order valence-electron chi connectivity index (χ2n) is 5.11. The molecular weight excluding hydrogens is 246 g/mol. The van der Waals surface area contributed by atoms with E-state index in [9.17, 15) is 0 Å². The van der Waals surface area contributed by atoms with Gasteiger partial charge in [0, 0.05) is 43.4 Å². The molecule has 1 aromatic carbocycles. The Bertz CT molecular complexity index is 375. The van der Waals surface area contributed by atoms with Crippen molar-refractivity contribution in [3.8, 4) is 0 Å². The third-order valence-electron chi connectivity index (χ3n) is 3.52. The van der Waals surface area contributed by atoms with Gasteiger partial charge in [0.25, 0.3) is 0 Å². The molecule has 1 atom stereocenters. The van der Waals surface area contributed by atoms with E-state index < -0.39 is 0 Å². The number of benzene rings is 1. The lowest BCUT2D eigenvalue weighted by Crippen LogP contribution is -2.48. The lowest BCUT2D eigenvalue weighted by Gasteiger charge is -2.37. The fourth-order valence-electron chi connectivity index (χ4n) is 2.38. The van der Waals surface area contributed by atoms with Crippen molar-refractivity contribution in [3.63, 3.8) is 0 Å². The average molecular weight is 268 g/mol. The highest BCUT2D eigenvalue weighted by atomic mass is 35.5. The summed E-state index contributed by atoms with van der Waals surface area (Å²) in [4.78, 5) is 4.90. The maximum Gasteiger partial charge on any atom is 0.0426 e. The maximum absolute atomic E-state index is 6.03. The minimum atomic E-state index is 0.586. The van der Waals surface area contributed by atoms with Crippen LogP contribution in [0.25, 0.3) is 0 Å². The Hall–Kier alpha value is -0.770. The normalized spacial score (nSPS) is 18.9. The molecule has 1 saturated heterocycles. The Balaban J connectivity index is 1.87. The van der Waals surface area contributed by atoms with E-state index in [1.54, 1.807) is 0 Å². The van der Waals surface area contributed by atoms with Gasteiger partial charge in [-0.1, -0.05) is 24.6 Å². The monoisotopic (exact) mass is 267 g/mol. The van der Waals surface area contributed by atoms with Crippen LogP contribution in [0.3, 0.4) is 0 Å². The molecule has 1 aliphatic heterocycles. The molecule has 18 heavy (non-hydrogen) atoms. The van der Waals surface area contributed by atoms with Gasteiger partial charge in [0.1, 0.15) is 0 Å². The highest BCUT2D eigenvalue weighted by Gasteiger charge is 2.18. The summed E-state index contributed by atoms with van der Waals surface area (Å²) in [5, 5.41) is 0.812. The molecule has 1 aromatic rings. The van der Waals surface area contributed by atoms with Crippen LogP contribution in [0.4, 0.5) is 5.69 Å². The Morgan fingerprint density at radius 3 is 2.61 bits per heavy atom. The quantitative estimate of drug-likeness (QED) is 0.906. The van der Waals surface area contributed by atoms with E-state index in [1.165, 1.54) is 5.69 Å². The molecule has 1 fully saturated rings. The molecule has 100 valence electrons. The second-order valence-corrected chi connectivity index (χ2v) is 5.54. The molecule has 0 radical (unpaired) electrons. The number of rotatable bonds is 4. The number of piperazine rings is 1. The summed E-state index contributed by atoms with van der Waals surface area (Å²) >= 11 is 6.03. The van der Waals surface area contributed by atoms with Crippen molar-refractivity contribution in [3.05, 3.63) is 29.3 Å². The molecule has 0 spiro atoms. The van der Waals surface area contributed by atoms with Crippen LogP contribution in [0.15, 0.2) is 24.3 Å². The first-order valence-electron chi connectivity index (χ1n) is 6.62. The van der Waals surface area contributed by atoms with E-state index in [4.69, 9.17) is 17.3 Å². The van der Waals surface area contributed by atoms with E-state index in [0.717, 1.165) is 44.3 Å². The zero-order chi connectivity index (χ0) is 13.0. The number of halogens is 1. The fourth-order valence-corrected chi connectivity index (χ4v) is 2.56. The maximum atomic E-state index is 6.03. The first-order chi connectivity index (χ1) is 8.69. The minimum Gasteiger partial charge on any atom is -0.369 e. The van der Waals surface area contributed by atoms with Crippen molar-refractivity contribution in [2.75, 3.05) is 44.2 Å². The number of nitrogens with zero attached hydrogens (tertiary/aromatic N) is 2. The van der Waals surface area contributed by atoms with E-state index in [2.05, 4.69) is 22.8 Å². The molecule has 2 rings (SSSR count). The Kier molecular flexibility index (Phi) is 4.87. The summed E-state index contributed by atoms with van der Waals surface area (Å²) in [7, 11) is 0. The van der Waals surface area contributed by atoms with Gasteiger partial charge in [-0.25, -0.2) is 0 Å². The van der Waals surface area contributed by atoms with Gasteiger partial charge in [-0.15, -0.1) is 0 Å². The number of nitrogens with two attached hydrogens (primary N) is 1. The molecule has 0 aromatic heterocycles. The molecule has 0 amide bonds. The first kappa shape index (κ1) is 13.7. The van der Waals surface area contributed by atoms with Crippen molar-refractivity contribution in [2.45, 2.75) is 6.92 Å². The third-order valence-corrected chi connectivity index (χ3v) is 3.75. The van der Waals surface area contributed by atoms with E-state index in [1.807, 2.05) is 18.2 Å². The van der Waals surface area contributed by atoms with E-state index in [-0.39, 0.29) is 0 Å². The number of anilines is 1. The summed E-state index contributed by atoms with van der Waals surface area (Å²) in [6, 6.07) is 8.11. The largest absolute Gasteiger partial charge is 0.369 e. The van der Waals surface area contributed by atoms with Crippen LogP contribution in [0.2, 0.25) is 5.02 Å². The third kappa shape index (κ3) is 3.61. The van der Waals surface area contributed by atoms with Crippen LogP contribution >= 0.6 is 11.6 Å². The predicted octanol–water partition coefficient (Wildman–Crippen LogP) is 2.06. The number of hydrogen-bond donors (Lipinski definition) is 1. The van der Waals surface area contributed by atoms with Gasteiger partial charge in [0.15, 0.2) is 0 Å². The van der Waals surface area contributed by atoms with Crippen molar-refractivity contribution in [1.82, 2.24) is 4.90 Å². The van der Waals surface area contributed by atoms with Gasteiger partial charge in [-0.3, -0.25) is 4.90 Å². The Morgan fingerprint density at radius 1 is 1.28 bits per heavy atom. The van der Waals surface area contributed by atoms with Gasteiger partial charge in [-0.05, 0) is 30.7 Å². The first-order valence-corrected chi connectivity index (χ1v) is 7.00. The molecule has 4 heteroatoms. The van der Waals surface area contributed by atoms with Gasteiger partial charge in [0.2, 0.25) is 0 Å². The Labute approximate surface area is 115 Å². The molecule has 1 heterocycles. The molecular formula is C14H22ClN3. The molecule has 1 unspecified atom stereocenters. The average Bonchev–Trinajstić information content (AvgIpc) is 2.39. The lowest BCUT2D eigenvalue weighted by molar-refractivity contribution is 0.227. The molecule has 0 saturated carbocycles. The summed E-state index contributed by atoms with van der Waals surface area (Å²) in [6.45, 7) is 8.45. The SMILES string of the molecule is CC(CN)CN1CCN(c2cccc(Cl)c2)CC1. The van der Waals surface area contributed by atoms with Gasteiger partial charge in [-0.2, -0.15) is 0 Å². The van der Waals surface area contributed by atoms with E-state index in [0.29, 0.717) is 5.92 Å². The highest BCUT2D eigenvalue weighted by molar-refractivity contribution is 6.30. The molecule has 1 aliphatic rings. The minimum absolute atomic E-state index is 0.586. The fraction of sp³-hybridized carbons (Fsp3) is 0.571. The molecule has 2 N–H and O–H groups in total. The van der Waals surface area contributed by atoms with E-state index >= 15 is 0 Å². The standard InChI is InChI=1S/C14H22ClN3/c1-12(10-16)11-17-5-7-18(8-6-17)14-4-2-3-13(15)9-14/h2-4,9,12H,5-8,10-11,16H2,1H3. The summed E-state index contributed by atoms with van der Waals surface area (Å²) in [5.41, 5.74) is 6.90. The number of hydrogen-bond acceptors (Lipinski definition) is 3. The van der Waals surface area contributed by atoms with Crippen LogP contribution in [-0.2, 0) is 0 Å². The van der Waals surface area contributed by atoms with Crippen LogP contribution in [-0.4, -0.2) is 44.2 Å². The smallest absolute Gasteiger partial charge is 0.0426 e. The van der Waals surface area contributed by atoms with Gasteiger partial charge < -0.3 is 10.6 Å². The summed E-state index contributed by atoms with van der Waals surface area (Å²) in [6.07, 6.45) is 0. The molecule has 0 aliphatic carbocycles. The van der Waals surface area contributed by atoms with Crippen LogP contribution in [0.1, 0.15) is 6.92 Å².